The summed E-state index contributed by atoms with van der Waals surface area (Å²) in [5.74, 6) is 0. The SMILES string of the molecule is O=[N+]([O-])c1cc2nonc2c([N+](=O)[O-])c1Cl. The van der Waals surface area contributed by atoms with Gasteiger partial charge in [0.2, 0.25) is 5.52 Å². The van der Waals surface area contributed by atoms with Crippen molar-refractivity contribution in [3.8, 4) is 0 Å². The van der Waals surface area contributed by atoms with Crippen LogP contribution in [-0.2, 0) is 0 Å². The Balaban J connectivity index is 2.92. The van der Waals surface area contributed by atoms with E-state index in [9.17, 15) is 20.2 Å². The van der Waals surface area contributed by atoms with Gasteiger partial charge >= 0.3 is 5.69 Å². The van der Waals surface area contributed by atoms with Gasteiger partial charge in [-0.25, -0.2) is 4.63 Å². The van der Waals surface area contributed by atoms with Gasteiger partial charge in [0.05, 0.1) is 9.85 Å². The number of hydrogen-bond acceptors (Lipinski definition) is 7. The molecule has 0 fully saturated rings. The number of halogens is 1. The van der Waals surface area contributed by atoms with Gasteiger partial charge < -0.3 is 0 Å². The monoisotopic (exact) mass is 244 g/mol. The van der Waals surface area contributed by atoms with E-state index >= 15 is 0 Å². The molecule has 2 rings (SSSR count). The van der Waals surface area contributed by atoms with Crippen molar-refractivity contribution in [3.63, 3.8) is 0 Å². The van der Waals surface area contributed by atoms with Crippen molar-refractivity contribution >= 4 is 34.0 Å². The standard InChI is InChI=1S/C6HClN4O5/c7-4-3(10(12)13)1-2-5(9-16-8-2)6(4)11(14)15/h1H. The van der Waals surface area contributed by atoms with Crippen LogP contribution in [0.5, 0.6) is 0 Å². The molecule has 0 amide bonds. The molecule has 0 saturated heterocycles. The summed E-state index contributed by atoms with van der Waals surface area (Å²) in [5.41, 5.74) is -1.62. The Hall–Kier alpha value is -2.29. The Bertz CT molecular complexity index is 608. The molecule has 1 aromatic heterocycles. The van der Waals surface area contributed by atoms with E-state index in [0.717, 1.165) is 6.07 Å². The van der Waals surface area contributed by atoms with Gasteiger partial charge in [-0.05, 0) is 10.3 Å². The number of benzene rings is 1. The van der Waals surface area contributed by atoms with Crippen molar-refractivity contribution in [2.24, 2.45) is 0 Å². The fourth-order valence-corrected chi connectivity index (χ4v) is 1.45. The first-order chi connectivity index (χ1) is 7.52. The van der Waals surface area contributed by atoms with Crippen molar-refractivity contribution in [1.29, 1.82) is 0 Å². The molecular formula is C6HClN4O5. The molecule has 1 aromatic carbocycles. The van der Waals surface area contributed by atoms with Crippen LogP contribution in [0.2, 0.25) is 5.02 Å². The third kappa shape index (κ3) is 1.34. The Morgan fingerprint density at radius 3 is 2.50 bits per heavy atom. The average Bonchev–Trinajstić information content (AvgIpc) is 2.62. The van der Waals surface area contributed by atoms with E-state index in [1.165, 1.54) is 0 Å². The van der Waals surface area contributed by atoms with Gasteiger partial charge in [-0.1, -0.05) is 11.6 Å². The number of nitro groups is 2. The van der Waals surface area contributed by atoms with Crippen LogP contribution < -0.4 is 0 Å². The summed E-state index contributed by atoms with van der Waals surface area (Å²) in [6, 6.07) is 0.959. The summed E-state index contributed by atoms with van der Waals surface area (Å²) < 4.78 is 4.26. The smallest absolute Gasteiger partial charge is 0.258 e. The van der Waals surface area contributed by atoms with Gasteiger partial charge in [0, 0.05) is 6.07 Å². The Kier molecular flexibility index (Phi) is 2.16. The van der Waals surface area contributed by atoms with Crippen LogP contribution in [0.15, 0.2) is 10.7 Å². The zero-order valence-corrected chi connectivity index (χ0v) is 8.04. The quantitative estimate of drug-likeness (QED) is 0.581. The average molecular weight is 245 g/mol. The zero-order chi connectivity index (χ0) is 11.9. The first-order valence-electron chi connectivity index (χ1n) is 3.76. The highest BCUT2D eigenvalue weighted by atomic mass is 35.5. The zero-order valence-electron chi connectivity index (χ0n) is 7.29. The van der Waals surface area contributed by atoms with Crippen molar-refractivity contribution in [2.45, 2.75) is 0 Å². The fourth-order valence-electron chi connectivity index (χ4n) is 1.17. The van der Waals surface area contributed by atoms with Gasteiger partial charge in [-0.3, -0.25) is 20.2 Å². The van der Waals surface area contributed by atoms with Crippen LogP contribution in [0.25, 0.3) is 11.0 Å². The summed E-state index contributed by atoms with van der Waals surface area (Å²) in [5, 5.41) is 27.2. The van der Waals surface area contributed by atoms with E-state index in [2.05, 4.69) is 14.9 Å². The second kappa shape index (κ2) is 3.38. The van der Waals surface area contributed by atoms with Crippen molar-refractivity contribution < 1.29 is 14.5 Å². The van der Waals surface area contributed by atoms with Crippen LogP contribution in [0.1, 0.15) is 0 Å². The Labute approximate surface area is 90.9 Å². The maximum Gasteiger partial charge on any atom is 0.326 e. The molecule has 0 radical (unpaired) electrons. The third-order valence-electron chi connectivity index (χ3n) is 1.82. The largest absolute Gasteiger partial charge is 0.326 e. The predicted molar refractivity (Wildman–Crippen MR) is 50.1 cm³/mol. The van der Waals surface area contributed by atoms with Crippen LogP contribution >= 0.6 is 11.6 Å². The van der Waals surface area contributed by atoms with Crippen molar-refractivity contribution in [1.82, 2.24) is 10.3 Å². The lowest BCUT2D eigenvalue weighted by Gasteiger charge is -1.96. The summed E-state index contributed by atoms with van der Waals surface area (Å²) in [6.07, 6.45) is 0. The molecular weight excluding hydrogens is 244 g/mol. The molecule has 10 heteroatoms. The van der Waals surface area contributed by atoms with E-state index in [-0.39, 0.29) is 11.0 Å². The van der Waals surface area contributed by atoms with Gasteiger partial charge in [0.1, 0.15) is 5.52 Å². The Morgan fingerprint density at radius 2 is 1.94 bits per heavy atom. The predicted octanol–water partition coefficient (Wildman–Crippen LogP) is 1.69. The normalized spacial score (nSPS) is 10.6. The van der Waals surface area contributed by atoms with E-state index in [4.69, 9.17) is 11.6 Å². The lowest BCUT2D eigenvalue weighted by Crippen LogP contribution is -1.96. The van der Waals surface area contributed by atoms with Crippen molar-refractivity contribution in [2.75, 3.05) is 0 Å². The number of aromatic nitrogens is 2. The molecule has 0 bridgehead atoms. The van der Waals surface area contributed by atoms with Crippen molar-refractivity contribution in [3.05, 3.63) is 31.3 Å². The maximum atomic E-state index is 10.7. The highest BCUT2D eigenvalue weighted by Gasteiger charge is 2.30. The summed E-state index contributed by atoms with van der Waals surface area (Å²) in [4.78, 5) is 19.6. The molecule has 0 aliphatic heterocycles. The summed E-state index contributed by atoms with van der Waals surface area (Å²) in [6.45, 7) is 0. The molecule has 82 valence electrons. The molecule has 0 unspecified atom stereocenters. The molecule has 2 aromatic rings. The molecule has 0 spiro atoms. The first-order valence-corrected chi connectivity index (χ1v) is 4.13. The molecule has 0 N–H and O–H groups in total. The molecule has 0 atom stereocenters. The highest BCUT2D eigenvalue weighted by Crippen LogP contribution is 2.38. The van der Waals surface area contributed by atoms with E-state index in [0.29, 0.717) is 0 Å². The van der Waals surface area contributed by atoms with Crippen LogP contribution in [-0.4, -0.2) is 20.2 Å². The Morgan fingerprint density at radius 1 is 1.25 bits per heavy atom. The van der Waals surface area contributed by atoms with Gasteiger partial charge in [-0.2, -0.15) is 0 Å². The third-order valence-corrected chi connectivity index (χ3v) is 2.20. The molecule has 16 heavy (non-hydrogen) atoms. The molecule has 0 aliphatic rings. The topological polar surface area (TPSA) is 125 Å². The number of rotatable bonds is 2. The second-order valence-electron chi connectivity index (χ2n) is 2.70. The molecule has 0 aliphatic carbocycles. The van der Waals surface area contributed by atoms with Gasteiger partial charge in [-0.15, -0.1) is 0 Å². The molecule has 1 heterocycles. The summed E-state index contributed by atoms with van der Waals surface area (Å²) >= 11 is 5.54. The number of nitrogens with zero attached hydrogens (tertiary/aromatic N) is 4. The van der Waals surface area contributed by atoms with Crippen LogP contribution in [0, 0.1) is 20.2 Å². The van der Waals surface area contributed by atoms with E-state index < -0.39 is 26.2 Å². The number of hydrogen-bond donors (Lipinski definition) is 0. The maximum absolute atomic E-state index is 10.7. The number of nitro benzene ring substituents is 2. The lowest BCUT2D eigenvalue weighted by molar-refractivity contribution is -0.392. The molecule has 0 saturated carbocycles. The first kappa shape index (κ1) is 10.2. The minimum Gasteiger partial charge on any atom is -0.258 e. The minimum absolute atomic E-state index is 0.0946. The highest BCUT2D eigenvalue weighted by molar-refractivity contribution is 6.36. The van der Waals surface area contributed by atoms with Crippen LogP contribution in [0.3, 0.4) is 0 Å². The van der Waals surface area contributed by atoms with Gasteiger partial charge in [0.15, 0.2) is 5.02 Å². The second-order valence-corrected chi connectivity index (χ2v) is 3.08. The minimum atomic E-state index is -0.873. The van der Waals surface area contributed by atoms with E-state index in [1.807, 2.05) is 0 Å². The van der Waals surface area contributed by atoms with Crippen LogP contribution in [0.4, 0.5) is 11.4 Å². The lowest BCUT2D eigenvalue weighted by atomic mass is 10.2. The fraction of sp³-hybridized carbons (Fsp3) is 0. The molecule has 9 nitrogen and oxygen atoms in total. The van der Waals surface area contributed by atoms with E-state index in [1.54, 1.807) is 0 Å². The number of fused-ring (bicyclic) bond motifs is 1. The summed E-state index contributed by atoms with van der Waals surface area (Å²) in [7, 11) is 0. The van der Waals surface area contributed by atoms with Gasteiger partial charge in [0.25, 0.3) is 5.69 Å².